The van der Waals surface area contributed by atoms with Crippen molar-refractivity contribution in [2.75, 3.05) is 52.4 Å². The van der Waals surface area contributed by atoms with Crippen LogP contribution >= 0.6 is 0 Å². The number of hydrogen-bond donors (Lipinski definition) is 0. The van der Waals surface area contributed by atoms with Gasteiger partial charge in [0.25, 0.3) is 0 Å². The van der Waals surface area contributed by atoms with Gasteiger partial charge in [-0.05, 0) is 27.7 Å². The summed E-state index contributed by atoms with van der Waals surface area (Å²) in [7, 11) is 0. The summed E-state index contributed by atoms with van der Waals surface area (Å²) in [4.78, 5) is 25.3. The molecule has 0 N–H and O–H groups in total. The molecule has 2 aliphatic rings. The fourth-order valence-electron chi connectivity index (χ4n) is 3.45. The molecule has 0 saturated carbocycles. The Morgan fingerprint density at radius 1 is 0.818 bits per heavy atom. The smallest absolute Gasteiger partial charge is 0.238 e. The fraction of sp³-hybridized carbons (Fsp3) is 0.857. The van der Waals surface area contributed by atoms with E-state index in [2.05, 4.69) is 0 Å². The van der Waals surface area contributed by atoms with E-state index in [1.807, 2.05) is 27.7 Å². The largest absolute Gasteiger partial charge is 0.432 e. The normalized spacial score (nSPS) is 23.9. The maximum atomic E-state index is 12.8. The van der Waals surface area contributed by atoms with Crippen molar-refractivity contribution >= 4 is 23.2 Å². The molecule has 2 fully saturated rings. The van der Waals surface area contributed by atoms with E-state index in [9.17, 15) is 13.8 Å². The molecule has 7 nitrogen and oxygen atoms in total. The summed E-state index contributed by atoms with van der Waals surface area (Å²) in [5.41, 5.74) is 0. The lowest BCUT2D eigenvalue weighted by molar-refractivity contribution is -0.837. The number of carbonyl (C=O) groups excluding carboxylic acids is 2. The second-order valence-electron chi connectivity index (χ2n) is 6.00. The maximum Gasteiger partial charge on any atom is 0.432 e. The van der Waals surface area contributed by atoms with Gasteiger partial charge < -0.3 is 0 Å². The topological polar surface area (TPSA) is 57.7 Å². The molecule has 0 aromatic heterocycles. The highest BCUT2D eigenvalue weighted by atomic mass is 32.2. The number of quaternary nitrogens is 2. The predicted octanol–water partition coefficient (Wildman–Crippen LogP) is 1.15. The lowest BCUT2D eigenvalue weighted by Gasteiger charge is -2.29. The van der Waals surface area contributed by atoms with Gasteiger partial charge in [-0.15, -0.1) is 0 Å². The Bertz CT molecular complexity index is 446. The number of rotatable bonds is 6. The Balaban J connectivity index is 2.17. The number of carbonyl (C=O) groups is 2. The van der Waals surface area contributed by atoms with Crippen molar-refractivity contribution < 1.29 is 22.8 Å². The average molecular weight is 332 g/mol. The minimum Gasteiger partial charge on any atom is -0.238 e. The highest BCUT2D eigenvalue weighted by Gasteiger charge is 2.53. The molecule has 2 heterocycles. The first-order valence-corrected chi connectivity index (χ1v) is 9.26. The van der Waals surface area contributed by atoms with Gasteiger partial charge in [0.15, 0.2) is 0 Å². The highest BCUT2D eigenvalue weighted by Crippen LogP contribution is 2.26. The van der Waals surface area contributed by atoms with Crippen LogP contribution in [0.15, 0.2) is 0 Å². The fourth-order valence-corrected chi connectivity index (χ4v) is 4.78. The summed E-state index contributed by atoms with van der Waals surface area (Å²) < 4.78 is 16.2. The zero-order chi connectivity index (χ0) is 16.5. The summed E-state index contributed by atoms with van der Waals surface area (Å²) >= 11 is -1.69. The van der Waals surface area contributed by atoms with Crippen LogP contribution in [0.4, 0.5) is 9.59 Å². The van der Waals surface area contributed by atoms with Gasteiger partial charge >= 0.3 is 12.1 Å². The summed E-state index contributed by atoms with van der Waals surface area (Å²) in [6, 6.07) is -0.233. The summed E-state index contributed by atoms with van der Waals surface area (Å²) in [6.07, 6.45) is 0. The highest BCUT2D eigenvalue weighted by molar-refractivity contribution is 7.81. The minimum atomic E-state index is -1.69. The van der Waals surface area contributed by atoms with Crippen molar-refractivity contribution in [3.05, 3.63) is 0 Å². The third-order valence-corrected chi connectivity index (χ3v) is 6.93. The zero-order valence-electron chi connectivity index (χ0n) is 14.1. The molecule has 0 atom stereocenters. The first-order valence-electron chi connectivity index (χ1n) is 8.19. The first kappa shape index (κ1) is 17.4. The van der Waals surface area contributed by atoms with E-state index in [1.54, 1.807) is 0 Å². The SMILES string of the molecule is CC[N+]1(CC)CCN(S(=O)N2CC[N+](CC)(CC)C2=O)C1=O. The van der Waals surface area contributed by atoms with Crippen molar-refractivity contribution in [2.24, 2.45) is 0 Å². The van der Waals surface area contributed by atoms with Crippen LogP contribution in [0.3, 0.4) is 0 Å². The number of likely N-dealkylation sites (N-methyl/N-ethyl adjacent to an activating group) is 2. The Morgan fingerprint density at radius 2 is 1.14 bits per heavy atom. The average Bonchev–Trinajstić information content (AvgIpc) is 3.05. The van der Waals surface area contributed by atoms with E-state index in [1.165, 1.54) is 8.61 Å². The minimum absolute atomic E-state index is 0.117. The quantitative estimate of drug-likeness (QED) is 0.686. The Morgan fingerprint density at radius 3 is 1.36 bits per heavy atom. The van der Waals surface area contributed by atoms with Crippen LogP contribution in [0.2, 0.25) is 0 Å². The molecule has 126 valence electrons. The van der Waals surface area contributed by atoms with Crippen molar-refractivity contribution in [2.45, 2.75) is 27.7 Å². The number of amides is 4. The molecule has 0 radical (unpaired) electrons. The Labute approximate surface area is 135 Å². The van der Waals surface area contributed by atoms with Gasteiger partial charge in [0.05, 0.1) is 39.3 Å². The van der Waals surface area contributed by atoms with E-state index >= 15 is 0 Å². The lowest BCUT2D eigenvalue weighted by atomic mass is 10.4. The molecule has 0 bridgehead atoms. The Kier molecular flexibility index (Phi) is 4.93. The van der Waals surface area contributed by atoms with Crippen LogP contribution in [0.5, 0.6) is 0 Å². The Hall–Kier alpha value is -0.990. The molecule has 0 unspecified atom stereocenters. The monoisotopic (exact) mass is 332 g/mol. The molecule has 2 rings (SSSR count). The van der Waals surface area contributed by atoms with Gasteiger partial charge in [-0.1, -0.05) is 0 Å². The summed E-state index contributed by atoms with van der Waals surface area (Å²) in [5.74, 6) is 0. The summed E-state index contributed by atoms with van der Waals surface area (Å²) in [5, 5.41) is 0. The molecular formula is C14H28N4O3S+2. The van der Waals surface area contributed by atoms with E-state index in [0.29, 0.717) is 61.3 Å². The molecule has 8 heteroatoms. The van der Waals surface area contributed by atoms with Gasteiger partial charge in [0.2, 0.25) is 11.2 Å². The first-order chi connectivity index (χ1) is 10.4. The molecule has 0 aromatic rings. The second kappa shape index (κ2) is 6.25. The van der Waals surface area contributed by atoms with Crippen LogP contribution in [-0.2, 0) is 11.2 Å². The van der Waals surface area contributed by atoms with Gasteiger partial charge in [0.1, 0.15) is 13.1 Å². The van der Waals surface area contributed by atoms with Gasteiger partial charge in [-0.2, -0.15) is 8.61 Å². The van der Waals surface area contributed by atoms with E-state index in [4.69, 9.17) is 0 Å². The summed E-state index contributed by atoms with van der Waals surface area (Å²) in [6.45, 7) is 12.9. The lowest BCUT2D eigenvalue weighted by Crippen LogP contribution is -2.54. The van der Waals surface area contributed by atoms with Gasteiger partial charge in [-0.3, -0.25) is 0 Å². The predicted molar refractivity (Wildman–Crippen MR) is 84.8 cm³/mol. The van der Waals surface area contributed by atoms with E-state index < -0.39 is 11.2 Å². The molecule has 0 spiro atoms. The standard InChI is InChI=1S/C14H28N4O3S/c1-5-17(6-2)11-9-15(13(17)19)22(21)16-10-12-18(7-3,8-4)14(16)20/h5-12H2,1-4H3/q+2. The number of nitrogens with zero attached hydrogens (tertiary/aromatic N) is 4. The van der Waals surface area contributed by atoms with Crippen LogP contribution in [0, 0.1) is 0 Å². The van der Waals surface area contributed by atoms with E-state index in [0.717, 1.165) is 0 Å². The van der Waals surface area contributed by atoms with Crippen molar-refractivity contribution in [3.8, 4) is 0 Å². The third kappa shape index (κ3) is 2.37. The zero-order valence-corrected chi connectivity index (χ0v) is 14.9. The van der Waals surface area contributed by atoms with E-state index in [-0.39, 0.29) is 12.1 Å². The van der Waals surface area contributed by atoms with Crippen LogP contribution in [-0.4, -0.2) is 86.2 Å². The molecular weight excluding hydrogens is 304 g/mol. The van der Waals surface area contributed by atoms with Gasteiger partial charge in [-0.25, -0.2) is 22.8 Å². The van der Waals surface area contributed by atoms with Crippen molar-refractivity contribution in [1.82, 2.24) is 8.61 Å². The van der Waals surface area contributed by atoms with Crippen LogP contribution < -0.4 is 0 Å². The number of urea groups is 2. The number of hydrogen-bond acceptors (Lipinski definition) is 3. The van der Waals surface area contributed by atoms with Crippen LogP contribution in [0.1, 0.15) is 27.7 Å². The van der Waals surface area contributed by atoms with Crippen molar-refractivity contribution in [1.29, 1.82) is 0 Å². The molecule has 4 amide bonds. The second-order valence-corrected chi connectivity index (χ2v) is 7.35. The molecule has 2 aliphatic heterocycles. The molecule has 22 heavy (non-hydrogen) atoms. The van der Waals surface area contributed by atoms with Crippen molar-refractivity contribution in [3.63, 3.8) is 0 Å². The third-order valence-electron chi connectivity index (χ3n) is 5.50. The molecule has 0 aliphatic carbocycles. The molecule has 2 saturated heterocycles. The molecule has 0 aromatic carbocycles. The maximum absolute atomic E-state index is 12.8. The van der Waals surface area contributed by atoms with Gasteiger partial charge in [0, 0.05) is 0 Å². The van der Waals surface area contributed by atoms with Crippen LogP contribution in [0.25, 0.3) is 0 Å².